The largest absolute Gasteiger partial charge is 0.456 e. The molecule has 0 aliphatic carbocycles. The third kappa shape index (κ3) is 5.30. The van der Waals surface area contributed by atoms with Crippen molar-refractivity contribution in [2.24, 2.45) is 0 Å². The van der Waals surface area contributed by atoms with Crippen molar-refractivity contribution in [3.63, 3.8) is 0 Å². The third-order valence-corrected chi connectivity index (χ3v) is 5.61. The Kier molecular flexibility index (Phi) is 6.66. The summed E-state index contributed by atoms with van der Waals surface area (Å²) in [6.45, 7) is 2.96. The zero-order valence-electron chi connectivity index (χ0n) is 14.3. The molecule has 2 aromatic rings. The SMILES string of the molecule is O=C(CS(=O)Cc1ccc(Oc2ccccc2Cl)cc1)N1CCNCC1. The Labute approximate surface area is 160 Å². The Morgan fingerprint density at radius 3 is 2.50 bits per heavy atom. The summed E-state index contributed by atoms with van der Waals surface area (Å²) in [5, 5.41) is 3.74. The molecule has 138 valence electrons. The van der Waals surface area contributed by atoms with Crippen LogP contribution in [0.4, 0.5) is 0 Å². The molecule has 0 aromatic heterocycles. The number of carbonyl (C=O) groups is 1. The number of rotatable bonds is 6. The van der Waals surface area contributed by atoms with Crippen LogP contribution in [0, 0.1) is 0 Å². The van der Waals surface area contributed by atoms with E-state index in [0.29, 0.717) is 35.4 Å². The predicted octanol–water partition coefficient (Wildman–Crippen LogP) is 2.81. The van der Waals surface area contributed by atoms with Crippen molar-refractivity contribution < 1.29 is 13.7 Å². The lowest BCUT2D eigenvalue weighted by Gasteiger charge is -2.27. The van der Waals surface area contributed by atoms with Crippen LogP contribution in [0.15, 0.2) is 48.5 Å². The van der Waals surface area contributed by atoms with E-state index in [2.05, 4.69) is 5.32 Å². The Morgan fingerprint density at radius 1 is 1.12 bits per heavy atom. The molecule has 0 saturated carbocycles. The van der Waals surface area contributed by atoms with E-state index < -0.39 is 10.8 Å². The second-order valence-electron chi connectivity index (χ2n) is 6.04. The molecule has 7 heteroatoms. The summed E-state index contributed by atoms with van der Waals surface area (Å²) in [6, 6.07) is 14.6. The Hall–Kier alpha value is -1.89. The first-order valence-electron chi connectivity index (χ1n) is 8.46. The van der Waals surface area contributed by atoms with Crippen molar-refractivity contribution >= 4 is 28.3 Å². The number of piperazine rings is 1. The average molecular weight is 393 g/mol. The van der Waals surface area contributed by atoms with Crippen molar-refractivity contribution in [2.45, 2.75) is 5.75 Å². The molecule has 1 amide bonds. The number of benzene rings is 2. The Bertz CT molecular complexity index is 777. The minimum atomic E-state index is -1.22. The number of ether oxygens (including phenoxy) is 1. The van der Waals surface area contributed by atoms with Gasteiger partial charge in [-0.05, 0) is 29.8 Å². The minimum absolute atomic E-state index is 0.0384. The summed E-state index contributed by atoms with van der Waals surface area (Å²) in [4.78, 5) is 13.9. The molecule has 1 aliphatic heterocycles. The molecule has 1 unspecified atom stereocenters. The number of hydrogen-bond acceptors (Lipinski definition) is 4. The topological polar surface area (TPSA) is 58.6 Å². The van der Waals surface area contributed by atoms with E-state index in [1.54, 1.807) is 17.0 Å². The maximum Gasteiger partial charge on any atom is 0.235 e. The molecule has 5 nitrogen and oxygen atoms in total. The predicted molar refractivity (Wildman–Crippen MR) is 104 cm³/mol. The molecule has 1 atom stereocenters. The molecule has 1 fully saturated rings. The van der Waals surface area contributed by atoms with Crippen LogP contribution in [0.25, 0.3) is 0 Å². The standard InChI is InChI=1S/C19H21ClN2O3S/c20-17-3-1-2-4-18(17)25-16-7-5-15(6-8-16)13-26(24)14-19(23)22-11-9-21-10-12-22/h1-8,21H,9-14H2. The fraction of sp³-hybridized carbons (Fsp3) is 0.316. The van der Waals surface area contributed by atoms with Gasteiger partial charge in [-0.25, -0.2) is 0 Å². The van der Waals surface area contributed by atoms with Crippen LogP contribution in [0.1, 0.15) is 5.56 Å². The van der Waals surface area contributed by atoms with Crippen molar-refractivity contribution in [2.75, 3.05) is 31.9 Å². The zero-order chi connectivity index (χ0) is 18.4. The Balaban J connectivity index is 1.52. The van der Waals surface area contributed by atoms with E-state index in [9.17, 15) is 9.00 Å². The van der Waals surface area contributed by atoms with Gasteiger partial charge in [0, 0.05) is 42.7 Å². The number of carbonyl (C=O) groups excluding carboxylic acids is 1. The molecule has 1 aliphatic rings. The summed E-state index contributed by atoms with van der Waals surface area (Å²) in [5.41, 5.74) is 0.906. The van der Waals surface area contributed by atoms with Crippen LogP contribution in [-0.2, 0) is 21.3 Å². The maximum absolute atomic E-state index is 12.3. The number of para-hydroxylation sites is 1. The van der Waals surface area contributed by atoms with Gasteiger partial charge >= 0.3 is 0 Å². The smallest absolute Gasteiger partial charge is 0.235 e. The summed E-state index contributed by atoms with van der Waals surface area (Å²) < 4.78 is 18.0. The second kappa shape index (κ2) is 9.16. The maximum atomic E-state index is 12.3. The molecule has 2 aromatic carbocycles. The lowest BCUT2D eigenvalue weighted by atomic mass is 10.2. The summed E-state index contributed by atoms with van der Waals surface area (Å²) in [6.07, 6.45) is 0. The first-order valence-corrected chi connectivity index (χ1v) is 10.3. The quantitative estimate of drug-likeness (QED) is 0.821. The average Bonchev–Trinajstić information content (AvgIpc) is 2.66. The second-order valence-corrected chi connectivity index (χ2v) is 7.90. The highest BCUT2D eigenvalue weighted by Crippen LogP contribution is 2.28. The van der Waals surface area contributed by atoms with Gasteiger partial charge in [-0.15, -0.1) is 0 Å². The monoisotopic (exact) mass is 392 g/mol. The number of nitrogens with one attached hydrogen (secondary N) is 1. The molecule has 26 heavy (non-hydrogen) atoms. The highest BCUT2D eigenvalue weighted by Gasteiger charge is 2.18. The van der Waals surface area contributed by atoms with Gasteiger partial charge in [0.2, 0.25) is 5.91 Å². The van der Waals surface area contributed by atoms with E-state index in [1.807, 2.05) is 36.4 Å². The van der Waals surface area contributed by atoms with Gasteiger partial charge in [0.25, 0.3) is 0 Å². The lowest BCUT2D eigenvalue weighted by Crippen LogP contribution is -2.47. The van der Waals surface area contributed by atoms with Crippen LogP contribution in [-0.4, -0.2) is 46.9 Å². The van der Waals surface area contributed by atoms with E-state index in [-0.39, 0.29) is 11.7 Å². The summed E-state index contributed by atoms with van der Waals surface area (Å²) in [5.74, 6) is 1.63. The first kappa shape index (κ1) is 18.9. The molecule has 0 bridgehead atoms. The highest BCUT2D eigenvalue weighted by atomic mass is 35.5. The number of amides is 1. The van der Waals surface area contributed by atoms with Crippen molar-refractivity contribution in [1.82, 2.24) is 10.2 Å². The normalized spacial score (nSPS) is 15.5. The van der Waals surface area contributed by atoms with Crippen molar-refractivity contribution in [1.29, 1.82) is 0 Å². The highest BCUT2D eigenvalue weighted by molar-refractivity contribution is 7.84. The van der Waals surface area contributed by atoms with Gasteiger partial charge in [-0.2, -0.15) is 0 Å². The number of halogens is 1. The summed E-state index contributed by atoms with van der Waals surface area (Å²) in [7, 11) is -1.22. The number of hydrogen-bond donors (Lipinski definition) is 1. The van der Waals surface area contributed by atoms with Crippen LogP contribution < -0.4 is 10.1 Å². The molecule has 1 saturated heterocycles. The molecular weight excluding hydrogens is 372 g/mol. The van der Waals surface area contributed by atoms with E-state index in [0.717, 1.165) is 18.7 Å². The van der Waals surface area contributed by atoms with E-state index in [1.165, 1.54) is 0 Å². The van der Waals surface area contributed by atoms with Crippen LogP contribution in [0.3, 0.4) is 0 Å². The van der Waals surface area contributed by atoms with Gasteiger partial charge < -0.3 is 15.0 Å². The number of nitrogens with zero attached hydrogens (tertiary/aromatic N) is 1. The van der Waals surface area contributed by atoms with E-state index >= 15 is 0 Å². The molecule has 1 heterocycles. The first-order chi connectivity index (χ1) is 12.6. The molecule has 0 spiro atoms. The van der Waals surface area contributed by atoms with Crippen LogP contribution in [0.5, 0.6) is 11.5 Å². The Morgan fingerprint density at radius 2 is 1.81 bits per heavy atom. The molecule has 3 rings (SSSR count). The third-order valence-electron chi connectivity index (χ3n) is 4.07. The van der Waals surface area contributed by atoms with Crippen molar-refractivity contribution in [3.05, 3.63) is 59.1 Å². The van der Waals surface area contributed by atoms with Crippen LogP contribution >= 0.6 is 11.6 Å². The molecule has 1 N–H and O–H groups in total. The molecular formula is C19H21ClN2O3S. The lowest BCUT2D eigenvalue weighted by molar-refractivity contribution is -0.128. The zero-order valence-corrected chi connectivity index (χ0v) is 15.9. The van der Waals surface area contributed by atoms with Gasteiger partial charge in [-0.3, -0.25) is 9.00 Å². The van der Waals surface area contributed by atoms with Gasteiger partial charge in [0.05, 0.1) is 5.02 Å². The fourth-order valence-corrected chi connectivity index (χ4v) is 3.99. The fourth-order valence-electron chi connectivity index (χ4n) is 2.69. The van der Waals surface area contributed by atoms with Gasteiger partial charge in [0.15, 0.2) is 0 Å². The van der Waals surface area contributed by atoms with Crippen molar-refractivity contribution in [3.8, 4) is 11.5 Å². The van der Waals surface area contributed by atoms with Gasteiger partial charge in [-0.1, -0.05) is 35.9 Å². The minimum Gasteiger partial charge on any atom is -0.456 e. The van der Waals surface area contributed by atoms with Gasteiger partial charge in [0.1, 0.15) is 17.3 Å². The van der Waals surface area contributed by atoms with E-state index in [4.69, 9.17) is 16.3 Å². The summed E-state index contributed by atoms with van der Waals surface area (Å²) >= 11 is 6.08. The van der Waals surface area contributed by atoms with Crippen LogP contribution in [0.2, 0.25) is 5.02 Å². The molecule has 0 radical (unpaired) electrons.